The lowest BCUT2D eigenvalue weighted by atomic mass is 10.3. The lowest BCUT2D eigenvalue weighted by Gasteiger charge is -2.31. The number of halogens is 2. The molecular formula is C14H18Cl2N2O3. The van der Waals surface area contributed by atoms with Gasteiger partial charge in [-0.1, -0.05) is 23.2 Å². The van der Waals surface area contributed by atoms with Gasteiger partial charge >= 0.3 is 0 Å². The van der Waals surface area contributed by atoms with Crippen molar-refractivity contribution in [3.63, 3.8) is 0 Å². The molecule has 0 aliphatic carbocycles. The molecule has 2 rings (SSSR count). The summed E-state index contributed by atoms with van der Waals surface area (Å²) in [6.07, 6.45) is 0.156. The molecule has 21 heavy (non-hydrogen) atoms. The van der Waals surface area contributed by atoms with Crippen molar-refractivity contribution in [1.29, 1.82) is 0 Å². The fourth-order valence-electron chi connectivity index (χ4n) is 2.08. The highest BCUT2D eigenvalue weighted by atomic mass is 35.5. The minimum absolute atomic E-state index is 0.0976. The molecule has 0 radical (unpaired) electrons. The minimum Gasteiger partial charge on any atom is -0.355 e. The summed E-state index contributed by atoms with van der Waals surface area (Å²) in [7, 11) is 1.61. The first kappa shape index (κ1) is 16.5. The van der Waals surface area contributed by atoms with Crippen molar-refractivity contribution in [3.05, 3.63) is 28.2 Å². The van der Waals surface area contributed by atoms with Crippen LogP contribution in [0.4, 0.5) is 5.69 Å². The van der Waals surface area contributed by atoms with Gasteiger partial charge < -0.3 is 14.8 Å². The number of amides is 1. The molecule has 1 fully saturated rings. The van der Waals surface area contributed by atoms with Crippen LogP contribution in [0.1, 0.15) is 6.42 Å². The smallest absolute Gasteiger partial charge is 0.225 e. The van der Waals surface area contributed by atoms with Gasteiger partial charge in [-0.25, -0.2) is 0 Å². The predicted molar refractivity (Wildman–Crippen MR) is 82.9 cm³/mol. The number of benzene rings is 1. The number of morpholine rings is 1. The summed E-state index contributed by atoms with van der Waals surface area (Å²) in [6, 6.07) is 4.97. The number of hydrogen-bond donors (Lipinski definition) is 1. The molecule has 0 unspecified atom stereocenters. The zero-order chi connectivity index (χ0) is 15.2. The van der Waals surface area contributed by atoms with E-state index in [9.17, 15) is 4.79 Å². The van der Waals surface area contributed by atoms with E-state index in [2.05, 4.69) is 10.2 Å². The topological polar surface area (TPSA) is 50.8 Å². The van der Waals surface area contributed by atoms with Crippen LogP contribution in [0.2, 0.25) is 10.0 Å². The average molecular weight is 333 g/mol. The molecule has 1 atom stereocenters. The summed E-state index contributed by atoms with van der Waals surface area (Å²) in [5.41, 5.74) is 0.533. The molecule has 7 heteroatoms. The van der Waals surface area contributed by atoms with E-state index < -0.39 is 0 Å². The fraction of sp³-hybridized carbons (Fsp3) is 0.500. The van der Waals surface area contributed by atoms with Crippen molar-refractivity contribution in [2.75, 3.05) is 38.7 Å². The van der Waals surface area contributed by atoms with Gasteiger partial charge in [-0.2, -0.15) is 0 Å². The molecule has 1 N–H and O–H groups in total. The number of nitrogens with zero attached hydrogens (tertiary/aromatic N) is 1. The highest BCUT2D eigenvalue weighted by molar-refractivity contribution is 6.35. The third kappa shape index (κ3) is 5.13. The van der Waals surface area contributed by atoms with Gasteiger partial charge in [0.2, 0.25) is 5.91 Å². The Balaban J connectivity index is 1.80. The number of ether oxygens (including phenoxy) is 2. The Morgan fingerprint density at radius 2 is 2.33 bits per heavy atom. The van der Waals surface area contributed by atoms with Crippen LogP contribution in [0.5, 0.6) is 0 Å². The highest BCUT2D eigenvalue weighted by Gasteiger charge is 2.20. The molecule has 0 bridgehead atoms. The van der Waals surface area contributed by atoms with E-state index in [4.69, 9.17) is 32.7 Å². The number of rotatable bonds is 5. The van der Waals surface area contributed by atoms with Crippen LogP contribution >= 0.6 is 23.2 Å². The molecule has 1 aromatic rings. The molecule has 5 nitrogen and oxygen atoms in total. The average Bonchev–Trinajstić information content (AvgIpc) is 2.49. The van der Waals surface area contributed by atoms with E-state index in [1.165, 1.54) is 0 Å². The Morgan fingerprint density at radius 1 is 1.52 bits per heavy atom. The maximum absolute atomic E-state index is 12.0. The van der Waals surface area contributed by atoms with Gasteiger partial charge in [0.05, 0.1) is 17.3 Å². The largest absolute Gasteiger partial charge is 0.355 e. The molecule has 1 heterocycles. The van der Waals surface area contributed by atoms with Gasteiger partial charge in [0.15, 0.2) is 6.29 Å². The molecule has 1 aliphatic heterocycles. The van der Waals surface area contributed by atoms with Crippen LogP contribution in [0.25, 0.3) is 0 Å². The molecule has 0 aromatic heterocycles. The highest BCUT2D eigenvalue weighted by Crippen LogP contribution is 2.25. The van der Waals surface area contributed by atoms with Gasteiger partial charge in [-0.05, 0) is 18.2 Å². The predicted octanol–water partition coefficient (Wildman–Crippen LogP) is 2.63. The number of anilines is 1. The van der Waals surface area contributed by atoms with E-state index in [1.807, 2.05) is 0 Å². The van der Waals surface area contributed by atoms with Crippen LogP contribution in [-0.4, -0.2) is 50.4 Å². The molecular weight excluding hydrogens is 315 g/mol. The first-order valence-electron chi connectivity index (χ1n) is 6.70. The Morgan fingerprint density at radius 3 is 3.10 bits per heavy atom. The SMILES string of the molecule is CO[C@@H]1CN(CCC(=O)Nc2cc(Cl)ccc2Cl)CCO1. The van der Waals surface area contributed by atoms with Crippen LogP contribution in [0.15, 0.2) is 18.2 Å². The second-order valence-corrected chi connectivity index (χ2v) is 5.60. The number of carbonyl (C=O) groups excluding carboxylic acids is 1. The Hall–Kier alpha value is -0.850. The van der Waals surface area contributed by atoms with Crippen LogP contribution < -0.4 is 5.32 Å². The molecule has 1 saturated heterocycles. The lowest BCUT2D eigenvalue weighted by molar-refractivity contribution is -0.164. The lowest BCUT2D eigenvalue weighted by Crippen LogP contribution is -2.44. The summed E-state index contributed by atoms with van der Waals surface area (Å²) in [5.74, 6) is -0.0976. The first-order valence-corrected chi connectivity index (χ1v) is 7.45. The van der Waals surface area contributed by atoms with E-state index in [-0.39, 0.29) is 12.2 Å². The third-order valence-electron chi connectivity index (χ3n) is 3.24. The summed E-state index contributed by atoms with van der Waals surface area (Å²) in [5, 5.41) is 3.78. The molecule has 1 aliphatic rings. The number of hydrogen-bond acceptors (Lipinski definition) is 4. The zero-order valence-electron chi connectivity index (χ0n) is 11.8. The summed E-state index contributed by atoms with van der Waals surface area (Å²) in [6.45, 7) is 2.72. The van der Waals surface area contributed by atoms with Crippen molar-refractivity contribution in [1.82, 2.24) is 4.90 Å². The Labute approximate surface area is 134 Å². The van der Waals surface area contributed by atoms with Gasteiger partial charge in [0.25, 0.3) is 0 Å². The molecule has 0 saturated carbocycles. The molecule has 116 valence electrons. The van der Waals surface area contributed by atoms with E-state index in [0.717, 1.165) is 6.54 Å². The van der Waals surface area contributed by atoms with Crippen molar-refractivity contribution in [2.45, 2.75) is 12.7 Å². The van der Waals surface area contributed by atoms with E-state index in [1.54, 1.807) is 25.3 Å². The number of carbonyl (C=O) groups is 1. The maximum Gasteiger partial charge on any atom is 0.225 e. The molecule has 0 spiro atoms. The Bertz CT molecular complexity index is 499. The number of methoxy groups -OCH3 is 1. The molecule has 1 amide bonds. The molecule has 1 aromatic carbocycles. The normalized spacial score (nSPS) is 19.5. The second-order valence-electron chi connectivity index (χ2n) is 4.76. The second kappa shape index (κ2) is 7.96. The van der Waals surface area contributed by atoms with Crippen LogP contribution in [0, 0.1) is 0 Å². The third-order valence-corrected chi connectivity index (χ3v) is 3.80. The van der Waals surface area contributed by atoms with Crippen molar-refractivity contribution < 1.29 is 14.3 Å². The number of nitrogens with one attached hydrogen (secondary N) is 1. The summed E-state index contributed by atoms with van der Waals surface area (Å²) in [4.78, 5) is 14.1. The first-order chi connectivity index (χ1) is 10.1. The monoisotopic (exact) mass is 332 g/mol. The standard InChI is InChI=1S/C14H18Cl2N2O3/c1-20-14-9-18(6-7-21-14)5-4-13(19)17-12-8-10(15)2-3-11(12)16/h2-3,8,14H,4-7,9H2,1H3,(H,17,19)/t14-/m0/s1. The summed E-state index contributed by atoms with van der Waals surface area (Å²) >= 11 is 11.9. The fourth-order valence-corrected chi connectivity index (χ4v) is 2.42. The van der Waals surface area contributed by atoms with E-state index in [0.29, 0.717) is 41.8 Å². The Kier molecular flexibility index (Phi) is 6.26. The van der Waals surface area contributed by atoms with Crippen molar-refractivity contribution in [3.8, 4) is 0 Å². The van der Waals surface area contributed by atoms with Gasteiger partial charge in [0.1, 0.15) is 0 Å². The van der Waals surface area contributed by atoms with Gasteiger partial charge in [0, 0.05) is 38.2 Å². The maximum atomic E-state index is 12.0. The van der Waals surface area contributed by atoms with Crippen LogP contribution in [-0.2, 0) is 14.3 Å². The van der Waals surface area contributed by atoms with Crippen molar-refractivity contribution >= 4 is 34.8 Å². The van der Waals surface area contributed by atoms with Gasteiger partial charge in [-0.15, -0.1) is 0 Å². The van der Waals surface area contributed by atoms with Gasteiger partial charge in [-0.3, -0.25) is 9.69 Å². The summed E-state index contributed by atoms with van der Waals surface area (Å²) < 4.78 is 10.5. The van der Waals surface area contributed by atoms with E-state index >= 15 is 0 Å². The quantitative estimate of drug-likeness (QED) is 0.900. The minimum atomic E-state index is -0.218. The van der Waals surface area contributed by atoms with Crippen LogP contribution in [0.3, 0.4) is 0 Å². The zero-order valence-corrected chi connectivity index (χ0v) is 13.3. The van der Waals surface area contributed by atoms with Crippen molar-refractivity contribution in [2.24, 2.45) is 0 Å².